The first kappa shape index (κ1) is 14.6. The molecule has 1 amide bonds. The van der Waals surface area contributed by atoms with Crippen molar-refractivity contribution in [1.29, 1.82) is 0 Å². The first-order chi connectivity index (χ1) is 8.88. The van der Waals surface area contributed by atoms with Crippen LogP contribution in [0.15, 0.2) is 16.7 Å². The SMILES string of the molecule is CC1CN(C(=O)c2cc(Br)cn2C(C)C)CC(C)O1. The predicted molar refractivity (Wildman–Crippen MR) is 78.4 cm³/mol. The first-order valence-electron chi connectivity index (χ1n) is 6.70. The summed E-state index contributed by atoms with van der Waals surface area (Å²) in [6.07, 6.45) is 2.16. The Balaban J connectivity index is 2.24. The van der Waals surface area contributed by atoms with Gasteiger partial charge in [-0.1, -0.05) is 0 Å². The monoisotopic (exact) mass is 328 g/mol. The van der Waals surface area contributed by atoms with Gasteiger partial charge in [0.15, 0.2) is 0 Å². The number of amides is 1. The Morgan fingerprint density at radius 3 is 2.47 bits per heavy atom. The normalized spacial score (nSPS) is 24.0. The molecular formula is C14H21BrN2O2. The van der Waals surface area contributed by atoms with Crippen LogP contribution in [0.2, 0.25) is 0 Å². The lowest BCUT2D eigenvalue weighted by Crippen LogP contribution is -2.48. The minimum Gasteiger partial charge on any atom is -0.372 e. The molecule has 0 aromatic carbocycles. The van der Waals surface area contributed by atoms with Crippen molar-refractivity contribution >= 4 is 21.8 Å². The molecule has 1 fully saturated rings. The number of ether oxygens (including phenoxy) is 1. The summed E-state index contributed by atoms with van der Waals surface area (Å²) >= 11 is 3.45. The van der Waals surface area contributed by atoms with E-state index in [1.807, 2.05) is 35.6 Å². The molecule has 106 valence electrons. The van der Waals surface area contributed by atoms with E-state index in [2.05, 4.69) is 29.8 Å². The van der Waals surface area contributed by atoms with Gasteiger partial charge in [0, 0.05) is 29.8 Å². The Labute approximate surface area is 122 Å². The summed E-state index contributed by atoms with van der Waals surface area (Å²) in [5.41, 5.74) is 0.739. The predicted octanol–water partition coefficient (Wildman–Crippen LogP) is 3.08. The summed E-state index contributed by atoms with van der Waals surface area (Å²) < 4.78 is 8.63. The average Bonchev–Trinajstić information content (AvgIpc) is 2.69. The highest BCUT2D eigenvalue weighted by atomic mass is 79.9. The Hall–Kier alpha value is -0.810. The summed E-state index contributed by atoms with van der Waals surface area (Å²) in [4.78, 5) is 14.5. The summed E-state index contributed by atoms with van der Waals surface area (Å²) in [7, 11) is 0. The fraction of sp³-hybridized carbons (Fsp3) is 0.643. The lowest BCUT2D eigenvalue weighted by molar-refractivity contribution is -0.0588. The molecule has 0 aliphatic carbocycles. The fourth-order valence-corrected chi connectivity index (χ4v) is 2.99. The second kappa shape index (κ2) is 5.67. The zero-order valence-corrected chi connectivity index (χ0v) is 13.5. The largest absolute Gasteiger partial charge is 0.372 e. The van der Waals surface area contributed by atoms with Crippen LogP contribution < -0.4 is 0 Å². The molecule has 0 saturated carbocycles. The van der Waals surface area contributed by atoms with Gasteiger partial charge in [0.1, 0.15) is 5.69 Å². The zero-order chi connectivity index (χ0) is 14.2. The molecule has 0 spiro atoms. The van der Waals surface area contributed by atoms with Gasteiger partial charge >= 0.3 is 0 Å². The first-order valence-corrected chi connectivity index (χ1v) is 7.50. The minimum absolute atomic E-state index is 0.0846. The maximum Gasteiger partial charge on any atom is 0.270 e. The number of rotatable bonds is 2. The van der Waals surface area contributed by atoms with Gasteiger partial charge in [0.2, 0.25) is 0 Å². The van der Waals surface area contributed by atoms with Gasteiger partial charge < -0.3 is 14.2 Å². The van der Waals surface area contributed by atoms with E-state index in [-0.39, 0.29) is 24.2 Å². The molecule has 2 rings (SSSR count). The molecule has 4 nitrogen and oxygen atoms in total. The maximum atomic E-state index is 12.7. The van der Waals surface area contributed by atoms with Crippen LogP contribution in [0.25, 0.3) is 0 Å². The molecule has 1 aliphatic rings. The highest BCUT2D eigenvalue weighted by Crippen LogP contribution is 2.22. The minimum atomic E-state index is 0.0846. The highest BCUT2D eigenvalue weighted by Gasteiger charge is 2.28. The molecule has 1 saturated heterocycles. The Morgan fingerprint density at radius 2 is 1.95 bits per heavy atom. The van der Waals surface area contributed by atoms with Gasteiger partial charge in [-0.3, -0.25) is 4.79 Å². The van der Waals surface area contributed by atoms with Crippen LogP contribution in [0.5, 0.6) is 0 Å². The second-order valence-corrected chi connectivity index (χ2v) is 6.43. The lowest BCUT2D eigenvalue weighted by atomic mass is 10.2. The van der Waals surface area contributed by atoms with Crippen LogP contribution in [0.3, 0.4) is 0 Å². The molecular weight excluding hydrogens is 308 g/mol. The number of hydrogen-bond donors (Lipinski definition) is 0. The van der Waals surface area contributed by atoms with Gasteiger partial charge in [0.25, 0.3) is 5.91 Å². The van der Waals surface area contributed by atoms with E-state index in [0.29, 0.717) is 13.1 Å². The molecule has 0 N–H and O–H groups in total. The van der Waals surface area contributed by atoms with Gasteiger partial charge in [0.05, 0.1) is 12.2 Å². The van der Waals surface area contributed by atoms with E-state index in [9.17, 15) is 4.79 Å². The van der Waals surface area contributed by atoms with E-state index in [0.717, 1.165) is 10.2 Å². The maximum absolute atomic E-state index is 12.7. The van der Waals surface area contributed by atoms with E-state index >= 15 is 0 Å². The Kier molecular flexibility index (Phi) is 4.36. The smallest absolute Gasteiger partial charge is 0.270 e. The third-order valence-electron chi connectivity index (χ3n) is 3.30. The third kappa shape index (κ3) is 3.20. The zero-order valence-electron chi connectivity index (χ0n) is 11.9. The van der Waals surface area contributed by atoms with Crippen molar-refractivity contribution in [2.45, 2.75) is 45.9 Å². The average molecular weight is 329 g/mol. The summed E-state index contributed by atoms with van der Waals surface area (Å²) in [5, 5.41) is 0. The number of hydrogen-bond acceptors (Lipinski definition) is 2. The van der Waals surface area contributed by atoms with Crippen LogP contribution >= 0.6 is 15.9 Å². The molecule has 5 heteroatoms. The van der Waals surface area contributed by atoms with Crippen molar-refractivity contribution in [2.75, 3.05) is 13.1 Å². The number of carbonyl (C=O) groups excluding carboxylic acids is 1. The van der Waals surface area contributed by atoms with Crippen LogP contribution in [0.4, 0.5) is 0 Å². The van der Waals surface area contributed by atoms with Gasteiger partial charge in [-0.05, 0) is 49.7 Å². The Morgan fingerprint density at radius 1 is 1.37 bits per heavy atom. The second-order valence-electron chi connectivity index (χ2n) is 5.51. The number of halogens is 1. The van der Waals surface area contributed by atoms with Crippen molar-refractivity contribution < 1.29 is 9.53 Å². The molecule has 2 heterocycles. The molecule has 19 heavy (non-hydrogen) atoms. The molecule has 2 unspecified atom stereocenters. The van der Waals surface area contributed by atoms with Crippen molar-refractivity contribution in [3.05, 3.63) is 22.4 Å². The molecule has 1 aromatic heterocycles. The summed E-state index contributed by atoms with van der Waals surface area (Å²) in [6.45, 7) is 9.48. The molecule has 0 radical (unpaired) electrons. The number of aromatic nitrogens is 1. The summed E-state index contributed by atoms with van der Waals surface area (Å²) in [5.74, 6) is 0.0846. The van der Waals surface area contributed by atoms with Crippen LogP contribution in [0.1, 0.15) is 44.2 Å². The van der Waals surface area contributed by atoms with Crippen molar-refractivity contribution in [1.82, 2.24) is 9.47 Å². The van der Waals surface area contributed by atoms with Gasteiger partial charge in [-0.15, -0.1) is 0 Å². The van der Waals surface area contributed by atoms with Crippen molar-refractivity contribution in [3.63, 3.8) is 0 Å². The van der Waals surface area contributed by atoms with E-state index in [1.54, 1.807) is 0 Å². The van der Waals surface area contributed by atoms with Gasteiger partial charge in [-0.2, -0.15) is 0 Å². The number of carbonyl (C=O) groups is 1. The Bertz CT molecular complexity index is 460. The topological polar surface area (TPSA) is 34.5 Å². The van der Waals surface area contributed by atoms with Crippen LogP contribution in [-0.4, -0.2) is 40.7 Å². The van der Waals surface area contributed by atoms with E-state index < -0.39 is 0 Å². The molecule has 1 aromatic rings. The standard InChI is InChI=1S/C14H21BrN2O2/c1-9(2)17-8-12(15)5-13(17)14(18)16-6-10(3)19-11(4)7-16/h5,8-11H,6-7H2,1-4H3. The van der Waals surface area contributed by atoms with Crippen LogP contribution in [0, 0.1) is 0 Å². The lowest BCUT2D eigenvalue weighted by Gasteiger charge is -2.35. The van der Waals surface area contributed by atoms with E-state index in [4.69, 9.17) is 4.74 Å². The van der Waals surface area contributed by atoms with Gasteiger partial charge in [-0.25, -0.2) is 0 Å². The molecule has 0 bridgehead atoms. The number of morpholine rings is 1. The number of nitrogens with zero attached hydrogens (tertiary/aromatic N) is 2. The quantitative estimate of drug-likeness (QED) is 0.836. The van der Waals surface area contributed by atoms with E-state index in [1.165, 1.54) is 0 Å². The summed E-state index contributed by atoms with van der Waals surface area (Å²) in [6, 6.07) is 2.16. The molecule has 2 atom stereocenters. The highest BCUT2D eigenvalue weighted by molar-refractivity contribution is 9.10. The fourth-order valence-electron chi connectivity index (χ4n) is 2.55. The molecule has 1 aliphatic heterocycles. The van der Waals surface area contributed by atoms with Crippen molar-refractivity contribution in [2.24, 2.45) is 0 Å². The third-order valence-corrected chi connectivity index (χ3v) is 3.73. The van der Waals surface area contributed by atoms with Crippen molar-refractivity contribution in [3.8, 4) is 0 Å². The van der Waals surface area contributed by atoms with Crippen LogP contribution in [-0.2, 0) is 4.74 Å².